The number of nitrogens with zero attached hydrogens (tertiary/aromatic N) is 3. The van der Waals surface area contributed by atoms with Gasteiger partial charge in [0, 0.05) is 16.1 Å². The number of benzene rings is 2. The Hall–Kier alpha value is -3.18. The molecule has 0 aliphatic carbocycles. The van der Waals surface area contributed by atoms with Gasteiger partial charge in [0.05, 0.1) is 17.5 Å². The van der Waals surface area contributed by atoms with E-state index in [-0.39, 0.29) is 5.91 Å². The van der Waals surface area contributed by atoms with E-state index in [2.05, 4.69) is 10.3 Å². The number of aromatic nitrogens is 3. The molecule has 128 valence electrons. The van der Waals surface area contributed by atoms with Crippen LogP contribution in [0.25, 0.3) is 22.5 Å². The summed E-state index contributed by atoms with van der Waals surface area (Å²) >= 11 is 5.91. The molecule has 26 heavy (non-hydrogen) atoms. The highest BCUT2D eigenvalue weighted by molar-refractivity contribution is 6.30. The third-order valence-electron chi connectivity index (χ3n) is 4.09. The first kappa shape index (κ1) is 16.3. The molecule has 0 N–H and O–H groups in total. The van der Waals surface area contributed by atoms with Gasteiger partial charge in [-0.3, -0.25) is 4.79 Å². The molecular weight excluding hydrogens is 350 g/mol. The van der Waals surface area contributed by atoms with Gasteiger partial charge >= 0.3 is 0 Å². The van der Waals surface area contributed by atoms with Crippen molar-refractivity contribution in [2.75, 3.05) is 0 Å². The Balaban J connectivity index is 1.82. The summed E-state index contributed by atoms with van der Waals surface area (Å²) in [6.45, 7) is 1.82. The summed E-state index contributed by atoms with van der Waals surface area (Å²) < 4.78 is 6.77. The first-order chi connectivity index (χ1) is 12.6. The highest BCUT2D eigenvalue weighted by Crippen LogP contribution is 2.34. The number of aryl methyl sites for hydroxylation is 1. The van der Waals surface area contributed by atoms with E-state index in [1.807, 2.05) is 37.3 Å². The molecule has 0 bridgehead atoms. The second kappa shape index (κ2) is 6.61. The van der Waals surface area contributed by atoms with Crippen molar-refractivity contribution >= 4 is 17.5 Å². The fourth-order valence-electron chi connectivity index (χ4n) is 2.84. The summed E-state index contributed by atoms with van der Waals surface area (Å²) in [4.78, 5) is 12.9. The molecule has 0 amide bonds. The van der Waals surface area contributed by atoms with Crippen molar-refractivity contribution in [1.82, 2.24) is 14.9 Å². The SMILES string of the molecule is Cc1onc(-c2ccccc2)c1-c1ccnn1C(=O)c1ccc(Cl)cc1. The molecule has 5 nitrogen and oxygen atoms in total. The lowest BCUT2D eigenvalue weighted by Gasteiger charge is -2.07. The van der Waals surface area contributed by atoms with Crippen LogP contribution in [0.2, 0.25) is 5.02 Å². The van der Waals surface area contributed by atoms with Crippen LogP contribution in [0.3, 0.4) is 0 Å². The minimum atomic E-state index is -0.249. The van der Waals surface area contributed by atoms with Crippen LogP contribution < -0.4 is 0 Å². The zero-order valence-electron chi connectivity index (χ0n) is 13.9. The Morgan fingerprint density at radius 3 is 2.50 bits per heavy atom. The Labute approximate surface area is 154 Å². The van der Waals surface area contributed by atoms with Gasteiger partial charge in [-0.2, -0.15) is 9.78 Å². The van der Waals surface area contributed by atoms with Crippen molar-refractivity contribution in [2.45, 2.75) is 6.92 Å². The van der Waals surface area contributed by atoms with Gasteiger partial charge in [-0.1, -0.05) is 47.1 Å². The first-order valence-corrected chi connectivity index (χ1v) is 8.39. The molecule has 4 aromatic rings. The van der Waals surface area contributed by atoms with E-state index in [9.17, 15) is 4.79 Å². The first-order valence-electron chi connectivity index (χ1n) is 8.01. The Kier molecular flexibility index (Phi) is 4.14. The lowest BCUT2D eigenvalue weighted by Crippen LogP contribution is -2.15. The van der Waals surface area contributed by atoms with Gasteiger partial charge in [0.25, 0.3) is 5.91 Å². The largest absolute Gasteiger partial charge is 0.360 e. The molecule has 0 saturated carbocycles. The van der Waals surface area contributed by atoms with Gasteiger partial charge in [0.15, 0.2) is 0 Å². The van der Waals surface area contributed by atoms with Gasteiger partial charge in [-0.25, -0.2) is 0 Å². The molecule has 0 atom stereocenters. The van der Waals surface area contributed by atoms with E-state index in [0.717, 1.165) is 11.1 Å². The number of rotatable bonds is 3. The third-order valence-corrected chi connectivity index (χ3v) is 4.34. The maximum Gasteiger partial charge on any atom is 0.278 e. The van der Waals surface area contributed by atoms with Gasteiger partial charge in [0.1, 0.15) is 11.5 Å². The Morgan fingerprint density at radius 1 is 1.04 bits per heavy atom. The third kappa shape index (κ3) is 2.82. The average Bonchev–Trinajstić information content (AvgIpc) is 3.28. The summed E-state index contributed by atoms with van der Waals surface area (Å²) in [6, 6.07) is 18.2. The van der Waals surface area contributed by atoms with Crippen molar-refractivity contribution in [3.05, 3.63) is 83.2 Å². The van der Waals surface area contributed by atoms with Crippen molar-refractivity contribution < 1.29 is 9.32 Å². The Bertz CT molecular complexity index is 1070. The lowest BCUT2D eigenvalue weighted by molar-refractivity contribution is 0.0947. The Morgan fingerprint density at radius 2 is 1.77 bits per heavy atom. The molecule has 0 unspecified atom stereocenters. The second-order valence-electron chi connectivity index (χ2n) is 5.77. The van der Waals surface area contributed by atoms with Gasteiger partial charge in [-0.05, 0) is 37.3 Å². The highest BCUT2D eigenvalue weighted by atomic mass is 35.5. The van der Waals surface area contributed by atoms with Crippen LogP contribution in [-0.4, -0.2) is 20.8 Å². The predicted molar refractivity (Wildman–Crippen MR) is 99.1 cm³/mol. The second-order valence-corrected chi connectivity index (χ2v) is 6.21. The minimum absolute atomic E-state index is 0.249. The van der Waals surface area contributed by atoms with E-state index < -0.39 is 0 Å². The number of halogens is 1. The van der Waals surface area contributed by atoms with Crippen LogP contribution in [0.5, 0.6) is 0 Å². The van der Waals surface area contributed by atoms with Crippen molar-refractivity contribution in [3.8, 4) is 22.5 Å². The van der Waals surface area contributed by atoms with E-state index in [1.165, 1.54) is 4.68 Å². The molecule has 4 rings (SSSR count). The van der Waals surface area contributed by atoms with Crippen LogP contribution in [-0.2, 0) is 0 Å². The zero-order chi connectivity index (χ0) is 18.1. The highest BCUT2D eigenvalue weighted by Gasteiger charge is 2.22. The summed E-state index contributed by atoms with van der Waals surface area (Å²) in [5, 5.41) is 8.97. The number of hydrogen-bond acceptors (Lipinski definition) is 4. The smallest absolute Gasteiger partial charge is 0.278 e. The monoisotopic (exact) mass is 363 g/mol. The molecule has 0 saturated heterocycles. The molecule has 0 spiro atoms. The fourth-order valence-corrected chi connectivity index (χ4v) is 2.96. The van der Waals surface area contributed by atoms with Crippen molar-refractivity contribution in [3.63, 3.8) is 0 Å². The van der Waals surface area contributed by atoms with Crippen LogP contribution >= 0.6 is 11.6 Å². The maximum absolute atomic E-state index is 12.9. The number of carbonyl (C=O) groups excluding carboxylic acids is 1. The van der Waals surface area contributed by atoms with E-state index >= 15 is 0 Å². The van der Waals surface area contributed by atoms with E-state index in [4.69, 9.17) is 16.1 Å². The normalized spacial score (nSPS) is 10.8. The molecular formula is C20H14ClN3O2. The van der Waals surface area contributed by atoms with E-state index in [1.54, 1.807) is 36.5 Å². The van der Waals surface area contributed by atoms with Crippen LogP contribution in [0, 0.1) is 6.92 Å². The lowest BCUT2D eigenvalue weighted by atomic mass is 10.0. The summed E-state index contributed by atoms with van der Waals surface area (Å²) in [7, 11) is 0. The predicted octanol–water partition coefficient (Wildman–Crippen LogP) is 4.86. The molecule has 0 radical (unpaired) electrons. The molecule has 2 heterocycles. The standard InChI is InChI=1S/C20H14ClN3O2/c1-13-18(19(23-26-13)14-5-3-2-4-6-14)17-11-12-22-24(17)20(25)15-7-9-16(21)10-8-15/h2-12H,1H3. The molecule has 2 aromatic heterocycles. The summed E-state index contributed by atoms with van der Waals surface area (Å²) in [5.41, 5.74) is 3.45. The molecule has 0 aliphatic rings. The molecule has 2 aromatic carbocycles. The van der Waals surface area contributed by atoms with Gasteiger partial charge in [0.2, 0.25) is 0 Å². The van der Waals surface area contributed by atoms with Crippen molar-refractivity contribution in [1.29, 1.82) is 0 Å². The van der Waals surface area contributed by atoms with Crippen LogP contribution in [0.15, 0.2) is 71.4 Å². The number of hydrogen-bond donors (Lipinski definition) is 0. The van der Waals surface area contributed by atoms with Crippen LogP contribution in [0.1, 0.15) is 16.1 Å². The fraction of sp³-hybridized carbons (Fsp3) is 0.0500. The van der Waals surface area contributed by atoms with E-state index in [0.29, 0.717) is 27.7 Å². The average molecular weight is 364 g/mol. The minimum Gasteiger partial charge on any atom is -0.360 e. The quantitative estimate of drug-likeness (QED) is 0.521. The number of carbonyl (C=O) groups is 1. The van der Waals surface area contributed by atoms with Crippen molar-refractivity contribution in [2.24, 2.45) is 0 Å². The topological polar surface area (TPSA) is 60.9 Å². The molecule has 6 heteroatoms. The van der Waals surface area contributed by atoms with Gasteiger partial charge in [-0.15, -0.1) is 0 Å². The maximum atomic E-state index is 12.9. The summed E-state index contributed by atoms with van der Waals surface area (Å²) in [6.07, 6.45) is 1.59. The molecule has 0 aliphatic heterocycles. The molecule has 0 fully saturated rings. The summed E-state index contributed by atoms with van der Waals surface area (Å²) in [5.74, 6) is 0.371. The van der Waals surface area contributed by atoms with Gasteiger partial charge < -0.3 is 4.52 Å². The van der Waals surface area contributed by atoms with Crippen LogP contribution in [0.4, 0.5) is 0 Å². The zero-order valence-corrected chi connectivity index (χ0v) is 14.6.